The zero-order valence-electron chi connectivity index (χ0n) is 15.0. The lowest BCUT2D eigenvalue weighted by molar-refractivity contribution is -0.146. The van der Waals surface area contributed by atoms with E-state index < -0.39 is 29.7 Å². The Morgan fingerprint density at radius 2 is 1.76 bits per heavy atom. The summed E-state index contributed by atoms with van der Waals surface area (Å²) in [4.78, 5) is 35.4. The molecule has 1 N–H and O–H groups in total. The Morgan fingerprint density at radius 3 is 2.32 bits per heavy atom. The molecule has 0 spiro atoms. The lowest BCUT2D eigenvalue weighted by Gasteiger charge is -2.22. The first-order chi connectivity index (χ1) is 11.7. The first-order valence-corrected chi connectivity index (χ1v) is 7.98. The number of carbonyl (C=O) groups is 3. The molecule has 0 saturated carbocycles. The fourth-order valence-corrected chi connectivity index (χ4v) is 1.91. The van der Waals surface area contributed by atoms with Crippen LogP contribution in [0.2, 0.25) is 0 Å². The second-order valence-corrected chi connectivity index (χ2v) is 6.41. The van der Waals surface area contributed by atoms with Crippen molar-refractivity contribution >= 4 is 18.0 Å². The number of methoxy groups -OCH3 is 1. The summed E-state index contributed by atoms with van der Waals surface area (Å²) < 4.78 is 14.9. The molecule has 0 heterocycles. The van der Waals surface area contributed by atoms with Gasteiger partial charge in [0.1, 0.15) is 18.2 Å². The van der Waals surface area contributed by atoms with Crippen molar-refractivity contribution in [2.24, 2.45) is 0 Å². The van der Waals surface area contributed by atoms with Crippen LogP contribution in [0.15, 0.2) is 30.3 Å². The summed E-state index contributed by atoms with van der Waals surface area (Å²) in [6, 6.07) is 8.27. The molecule has 1 rings (SSSR count). The summed E-state index contributed by atoms with van der Waals surface area (Å²) in [5.74, 6) is -1.12. The number of ether oxygens (including phenoxy) is 3. The molecular formula is C18H25NO6. The number of hydrogen-bond donors (Lipinski definition) is 1. The van der Waals surface area contributed by atoms with Crippen LogP contribution in [0.1, 0.15) is 39.2 Å². The zero-order valence-corrected chi connectivity index (χ0v) is 15.0. The average molecular weight is 351 g/mol. The van der Waals surface area contributed by atoms with Crippen LogP contribution in [0.3, 0.4) is 0 Å². The molecule has 7 heteroatoms. The van der Waals surface area contributed by atoms with E-state index in [2.05, 4.69) is 10.1 Å². The lowest BCUT2D eigenvalue weighted by Crippen LogP contribution is -2.44. The predicted molar refractivity (Wildman–Crippen MR) is 90.6 cm³/mol. The highest BCUT2D eigenvalue weighted by Crippen LogP contribution is 2.09. The highest BCUT2D eigenvalue weighted by Gasteiger charge is 2.25. The van der Waals surface area contributed by atoms with Gasteiger partial charge in [-0.05, 0) is 32.8 Å². The Kier molecular flexibility index (Phi) is 7.91. The Labute approximate surface area is 147 Å². The van der Waals surface area contributed by atoms with Crippen LogP contribution in [-0.4, -0.2) is 36.8 Å². The van der Waals surface area contributed by atoms with Gasteiger partial charge in [-0.2, -0.15) is 0 Å². The minimum atomic E-state index is -0.982. The smallest absolute Gasteiger partial charge is 0.408 e. The molecule has 1 aromatic carbocycles. The first kappa shape index (κ1) is 20.5. The fraction of sp³-hybridized carbons (Fsp3) is 0.500. The van der Waals surface area contributed by atoms with E-state index in [1.165, 1.54) is 7.11 Å². The monoisotopic (exact) mass is 351 g/mol. The summed E-state index contributed by atoms with van der Waals surface area (Å²) in [5, 5.41) is 2.41. The predicted octanol–water partition coefficient (Wildman–Crippen LogP) is 2.58. The SMILES string of the molecule is COC(=O)C(CCC(=O)OCc1ccccc1)NC(=O)OC(C)(C)C. The van der Waals surface area contributed by atoms with Gasteiger partial charge in [-0.15, -0.1) is 0 Å². The molecular weight excluding hydrogens is 326 g/mol. The van der Waals surface area contributed by atoms with Gasteiger partial charge >= 0.3 is 18.0 Å². The molecule has 0 aliphatic heterocycles. The van der Waals surface area contributed by atoms with Gasteiger partial charge < -0.3 is 19.5 Å². The number of hydrogen-bond acceptors (Lipinski definition) is 6. The van der Waals surface area contributed by atoms with Gasteiger partial charge in [0.15, 0.2) is 0 Å². The summed E-state index contributed by atoms with van der Waals surface area (Å²) in [6.07, 6.45) is -0.734. The van der Waals surface area contributed by atoms with Gasteiger partial charge in [-0.25, -0.2) is 9.59 Å². The van der Waals surface area contributed by atoms with Gasteiger partial charge in [0, 0.05) is 6.42 Å². The Balaban J connectivity index is 2.48. The Bertz CT molecular complexity index is 579. The second-order valence-electron chi connectivity index (χ2n) is 6.41. The number of rotatable bonds is 7. The van der Waals surface area contributed by atoms with Gasteiger partial charge in [-0.1, -0.05) is 30.3 Å². The molecule has 7 nitrogen and oxygen atoms in total. The minimum Gasteiger partial charge on any atom is -0.467 e. The number of nitrogens with one attached hydrogen (secondary N) is 1. The fourth-order valence-electron chi connectivity index (χ4n) is 1.91. The molecule has 25 heavy (non-hydrogen) atoms. The lowest BCUT2D eigenvalue weighted by atomic mass is 10.1. The van der Waals surface area contributed by atoms with Gasteiger partial charge in [-0.3, -0.25) is 4.79 Å². The summed E-state index contributed by atoms with van der Waals surface area (Å²) in [7, 11) is 1.21. The van der Waals surface area contributed by atoms with Gasteiger partial charge in [0.25, 0.3) is 0 Å². The van der Waals surface area contributed by atoms with E-state index in [0.29, 0.717) is 0 Å². The molecule has 0 saturated heterocycles. The summed E-state index contributed by atoms with van der Waals surface area (Å²) in [6.45, 7) is 5.28. The van der Waals surface area contributed by atoms with Crippen molar-refractivity contribution in [2.75, 3.05) is 7.11 Å². The molecule has 0 aromatic heterocycles. The third-order valence-corrected chi connectivity index (χ3v) is 3.06. The summed E-state index contributed by atoms with van der Waals surface area (Å²) >= 11 is 0. The standard InChI is InChI=1S/C18H25NO6/c1-18(2,3)25-17(22)19-14(16(21)23-4)10-11-15(20)24-12-13-8-6-5-7-9-13/h5-9,14H,10-12H2,1-4H3,(H,19,22). The zero-order chi connectivity index (χ0) is 18.9. The van der Waals surface area contributed by atoms with Crippen molar-refractivity contribution in [2.45, 2.75) is 51.9 Å². The van der Waals surface area contributed by atoms with Crippen LogP contribution in [-0.2, 0) is 30.4 Å². The molecule has 1 atom stereocenters. The topological polar surface area (TPSA) is 90.9 Å². The highest BCUT2D eigenvalue weighted by atomic mass is 16.6. The second kappa shape index (κ2) is 9.66. The molecule has 1 unspecified atom stereocenters. The number of alkyl carbamates (subject to hydrolysis) is 1. The van der Waals surface area contributed by atoms with Crippen LogP contribution in [0.4, 0.5) is 4.79 Å². The largest absolute Gasteiger partial charge is 0.467 e. The van der Waals surface area contributed by atoms with Crippen molar-refractivity contribution < 1.29 is 28.6 Å². The van der Waals surface area contributed by atoms with Crippen LogP contribution in [0, 0.1) is 0 Å². The molecule has 0 aliphatic carbocycles. The van der Waals surface area contributed by atoms with E-state index in [-0.39, 0.29) is 19.4 Å². The molecule has 0 bridgehead atoms. The van der Waals surface area contributed by atoms with E-state index >= 15 is 0 Å². The van der Waals surface area contributed by atoms with E-state index in [1.807, 2.05) is 30.3 Å². The van der Waals surface area contributed by atoms with Crippen LogP contribution in [0.25, 0.3) is 0 Å². The van der Waals surface area contributed by atoms with E-state index in [9.17, 15) is 14.4 Å². The maximum atomic E-state index is 11.8. The van der Waals surface area contributed by atoms with Crippen molar-refractivity contribution in [1.82, 2.24) is 5.32 Å². The Morgan fingerprint density at radius 1 is 1.12 bits per heavy atom. The van der Waals surface area contributed by atoms with Crippen LogP contribution in [0.5, 0.6) is 0 Å². The molecule has 0 fully saturated rings. The van der Waals surface area contributed by atoms with Crippen LogP contribution >= 0.6 is 0 Å². The molecule has 0 aliphatic rings. The third kappa shape index (κ3) is 8.74. The van der Waals surface area contributed by atoms with Crippen LogP contribution < -0.4 is 5.32 Å². The number of esters is 2. The minimum absolute atomic E-state index is 0.0393. The summed E-state index contributed by atoms with van der Waals surface area (Å²) in [5.41, 5.74) is 0.173. The molecule has 1 aromatic rings. The quantitative estimate of drug-likeness (QED) is 0.600. The van der Waals surface area contributed by atoms with Crippen molar-refractivity contribution in [3.05, 3.63) is 35.9 Å². The van der Waals surface area contributed by atoms with E-state index in [1.54, 1.807) is 20.8 Å². The highest BCUT2D eigenvalue weighted by molar-refractivity contribution is 5.82. The van der Waals surface area contributed by atoms with E-state index in [0.717, 1.165) is 5.56 Å². The Hall–Kier alpha value is -2.57. The molecule has 0 radical (unpaired) electrons. The maximum Gasteiger partial charge on any atom is 0.408 e. The van der Waals surface area contributed by atoms with E-state index in [4.69, 9.17) is 9.47 Å². The van der Waals surface area contributed by atoms with Crippen molar-refractivity contribution in [3.8, 4) is 0 Å². The maximum absolute atomic E-state index is 11.8. The van der Waals surface area contributed by atoms with Gasteiger partial charge in [0.05, 0.1) is 7.11 Å². The van der Waals surface area contributed by atoms with Gasteiger partial charge in [0.2, 0.25) is 0 Å². The van der Waals surface area contributed by atoms with Crippen molar-refractivity contribution in [3.63, 3.8) is 0 Å². The average Bonchev–Trinajstić information content (AvgIpc) is 2.55. The number of carbonyl (C=O) groups excluding carboxylic acids is 3. The van der Waals surface area contributed by atoms with Crippen molar-refractivity contribution in [1.29, 1.82) is 0 Å². The third-order valence-electron chi connectivity index (χ3n) is 3.06. The molecule has 1 amide bonds. The molecule has 138 valence electrons. The number of amides is 1. The normalized spacial score (nSPS) is 12.0. The first-order valence-electron chi connectivity index (χ1n) is 7.98. The number of benzene rings is 1.